The summed E-state index contributed by atoms with van der Waals surface area (Å²) in [5, 5.41) is 5.58. The number of thiazole rings is 1. The average Bonchev–Trinajstić information content (AvgIpc) is 3.03. The molecule has 0 bridgehead atoms. The van der Waals surface area contributed by atoms with Crippen LogP contribution in [-0.4, -0.2) is 37.2 Å². The SMILES string of the molecule is COC(=O)Cn1c(=NC(=O)c2cccc(SC(C)C)c2)sc2cc(S(N)(=O)=O)ccc21. The zero-order chi connectivity index (χ0) is 22.8. The first kappa shape index (κ1) is 23.2. The van der Waals surface area contributed by atoms with Gasteiger partial charge in [-0.05, 0) is 36.4 Å². The third-order valence-corrected chi connectivity index (χ3v) is 7.10. The molecule has 1 aromatic heterocycles. The van der Waals surface area contributed by atoms with Gasteiger partial charge in [-0.25, -0.2) is 13.6 Å². The summed E-state index contributed by atoms with van der Waals surface area (Å²) in [5.41, 5.74) is 0.955. The Morgan fingerprint density at radius 3 is 2.61 bits per heavy atom. The number of carbonyl (C=O) groups excluding carboxylic acids is 2. The monoisotopic (exact) mass is 479 g/mol. The highest BCUT2D eigenvalue weighted by Gasteiger charge is 2.16. The fourth-order valence-corrected chi connectivity index (χ4v) is 5.37. The molecule has 0 saturated heterocycles. The summed E-state index contributed by atoms with van der Waals surface area (Å²) in [6.45, 7) is 3.94. The van der Waals surface area contributed by atoms with Crippen LogP contribution in [0.2, 0.25) is 0 Å². The van der Waals surface area contributed by atoms with Gasteiger partial charge in [-0.1, -0.05) is 31.3 Å². The van der Waals surface area contributed by atoms with E-state index >= 15 is 0 Å². The second-order valence-electron chi connectivity index (χ2n) is 6.83. The van der Waals surface area contributed by atoms with Gasteiger partial charge in [0.2, 0.25) is 10.0 Å². The molecule has 1 heterocycles. The van der Waals surface area contributed by atoms with Crippen molar-refractivity contribution in [1.82, 2.24) is 4.57 Å². The lowest BCUT2D eigenvalue weighted by atomic mass is 10.2. The van der Waals surface area contributed by atoms with Gasteiger partial charge in [-0.15, -0.1) is 11.8 Å². The molecule has 1 amide bonds. The van der Waals surface area contributed by atoms with E-state index in [0.29, 0.717) is 21.0 Å². The normalized spacial score (nSPS) is 12.5. The smallest absolute Gasteiger partial charge is 0.325 e. The fraction of sp³-hybridized carbons (Fsp3) is 0.250. The van der Waals surface area contributed by atoms with Crippen LogP contribution in [0.3, 0.4) is 0 Å². The van der Waals surface area contributed by atoms with E-state index < -0.39 is 21.9 Å². The quantitative estimate of drug-likeness (QED) is 0.429. The fourth-order valence-electron chi connectivity index (χ4n) is 2.79. The Hall–Kier alpha value is -2.47. The van der Waals surface area contributed by atoms with Gasteiger partial charge in [0.05, 0.1) is 22.2 Å². The van der Waals surface area contributed by atoms with E-state index in [1.165, 1.54) is 29.9 Å². The number of thioether (sulfide) groups is 1. The largest absolute Gasteiger partial charge is 0.468 e. The van der Waals surface area contributed by atoms with Gasteiger partial charge in [0, 0.05) is 15.7 Å². The molecule has 0 saturated carbocycles. The number of rotatable bonds is 6. The Kier molecular flexibility index (Phi) is 6.99. The van der Waals surface area contributed by atoms with Gasteiger partial charge < -0.3 is 9.30 Å². The lowest BCUT2D eigenvalue weighted by Crippen LogP contribution is -2.22. The molecule has 31 heavy (non-hydrogen) atoms. The van der Waals surface area contributed by atoms with E-state index in [4.69, 9.17) is 9.88 Å². The summed E-state index contributed by atoms with van der Waals surface area (Å²) < 4.78 is 30.2. The second-order valence-corrected chi connectivity index (χ2v) is 11.1. The molecular formula is C20H21N3O5S3. The molecule has 0 spiro atoms. The van der Waals surface area contributed by atoms with Crippen LogP contribution in [0, 0.1) is 0 Å². The zero-order valence-electron chi connectivity index (χ0n) is 17.1. The van der Waals surface area contributed by atoms with Crippen LogP contribution in [0.5, 0.6) is 0 Å². The lowest BCUT2D eigenvalue weighted by molar-refractivity contribution is -0.141. The Morgan fingerprint density at radius 2 is 1.97 bits per heavy atom. The number of nitrogens with two attached hydrogens (primary N) is 1. The van der Waals surface area contributed by atoms with Gasteiger partial charge >= 0.3 is 5.97 Å². The zero-order valence-corrected chi connectivity index (χ0v) is 19.5. The van der Waals surface area contributed by atoms with Gasteiger partial charge in [0.1, 0.15) is 6.54 Å². The molecule has 3 aromatic rings. The molecule has 0 radical (unpaired) electrons. The van der Waals surface area contributed by atoms with Crippen LogP contribution in [0.1, 0.15) is 24.2 Å². The number of aromatic nitrogens is 1. The van der Waals surface area contributed by atoms with Crippen molar-refractivity contribution < 1.29 is 22.7 Å². The highest BCUT2D eigenvalue weighted by molar-refractivity contribution is 7.99. The van der Waals surface area contributed by atoms with E-state index in [2.05, 4.69) is 18.8 Å². The number of hydrogen-bond donors (Lipinski definition) is 1. The topological polar surface area (TPSA) is 121 Å². The third kappa shape index (κ3) is 5.62. The van der Waals surface area contributed by atoms with Crippen molar-refractivity contribution in [1.29, 1.82) is 0 Å². The van der Waals surface area contributed by atoms with E-state index in [-0.39, 0.29) is 16.2 Å². The summed E-state index contributed by atoms with van der Waals surface area (Å²) >= 11 is 2.72. The van der Waals surface area contributed by atoms with Gasteiger partial charge in [0.15, 0.2) is 4.80 Å². The van der Waals surface area contributed by atoms with Crippen molar-refractivity contribution in [3.8, 4) is 0 Å². The van der Waals surface area contributed by atoms with Crippen molar-refractivity contribution in [3.05, 3.63) is 52.8 Å². The number of benzene rings is 2. The highest BCUT2D eigenvalue weighted by atomic mass is 32.2. The molecule has 0 aliphatic heterocycles. The molecule has 0 atom stereocenters. The van der Waals surface area contributed by atoms with Gasteiger partial charge in [-0.3, -0.25) is 9.59 Å². The first-order valence-corrected chi connectivity index (χ1v) is 12.4. The number of methoxy groups -OCH3 is 1. The number of amides is 1. The number of hydrogen-bond acceptors (Lipinski definition) is 7. The number of primary sulfonamides is 1. The Bertz CT molecular complexity index is 1320. The minimum absolute atomic E-state index is 0.0669. The third-order valence-electron chi connectivity index (χ3n) is 4.15. The van der Waals surface area contributed by atoms with Crippen molar-refractivity contribution in [2.45, 2.75) is 35.4 Å². The predicted octanol–water partition coefficient (Wildman–Crippen LogP) is 2.76. The van der Waals surface area contributed by atoms with Gasteiger partial charge in [0.25, 0.3) is 5.91 Å². The molecule has 2 aromatic carbocycles. The molecule has 3 rings (SSSR count). The van der Waals surface area contributed by atoms with Crippen molar-refractivity contribution in [2.24, 2.45) is 10.1 Å². The average molecular weight is 480 g/mol. The Morgan fingerprint density at radius 1 is 1.23 bits per heavy atom. The Labute approximate surface area is 187 Å². The van der Waals surface area contributed by atoms with Crippen molar-refractivity contribution in [3.63, 3.8) is 0 Å². The van der Waals surface area contributed by atoms with E-state index in [1.807, 2.05) is 6.07 Å². The minimum Gasteiger partial charge on any atom is -0.468 e. The molecule has 0 aliphatic rings. The molecule has 0 aliphatic carbocycles. The lowest BCUT2D eigenvalue weighted by Gasteiger charge is -2.06. The summed E-state index contributed by atoms with van der Waals surface area (Å²) in [4.78, 5) is 30.1. The maximum absolute atomic E-state index is 12.8. The first-order valence-electron chi connectivity index (χ1n) is 9.17. The van der Waals surface area contributed by atoms with Crippen LogP contribution < -0.4 is 9.94 Å². The number of esters is 1. The number of fused-ring (bicyclic) bond motifs is 1. The molecule has 8 nitrogen and oxygen atoms in total. The molecule has 2 N–H and O–H groups in total. The standard InChI is InChI=1S/C20H21N3O5S3/c1-12(2)29-14-6-4-5-13(9-14)19(25)22-20-23(11-18(24)28-3)16-8-7-15(31(21,26)27)10-17(16)30-20/h4-10,12H,11H2,1-3H3,(H2,21,26,27). The van der Waals surface area contributed by atoms with Crippen molar-refractivity contribution in [2.75, 3.05) is 7.11 Å². The molecular weight excluding hydrogens is 458 g/mol. The highest BCUT2D eigenvalue weighted by Crippen LogP contribution is 2.24. The Balaban J connectivity index is 2.12. The summed E-state index contributed by atoms with van der Waals surface area (Å²) in [6.07, 6.45) is 0. The summed E-state index contributed by atoms with van der Waals surface area (Å²) in [5.74, 6) is -0.998. The van der Waals surface area contributed by atoms with E-state index in [9.17, 15) is 18.0 Å². The van der Waals surface area contributed by atoms with E-state index in [1.54, 1.807) is 30.0 Å². The van der Waals surface area contributed by atoms with Crippen LogP contribution >= 0.6 is 23.1 Å². The number of carbonyl (C=O) groups is 2. The number of nitrogens with zero attached hydrogens (tertiary/aromatic N) is 2. The van der Waals surface area contributed by atoms with E-state index in [0.717, 1.165) is 16.2 Å². The summed E-state index contributed by atoms with van der Waals surface area (Å²) in [6, 6.07) is 11.4. The van der Waals surface area contributed by atoms with Crippen LogP contribution in [0.15, 0.2) is 57.2 Å². The maximum Gasteiger partial charge on any atom is 0.325 e. The van der Waals surface area contributed by atoms with Crippen LogP contribution in [0.4, 0.5) is 0 Å². The summed E-state index contributed by atoms with van der Waals surface area (Å²) in [7, 11) is -2.64. The second kappa shape index (κ2) is 9.35. The van der Waals surface area contributed by atoms with Gasteiger partial charge in [-0.2, -0.15) is 4.99 Å². The number of sulfonamides is 1. The van der Waals surface area contributed by atoms with Crippen LogP contribution in [-0.2, 0) is 26.1 Å². The molecule has 11 heteroatoms. The predicted molar refractivity (Wildman–Crippen MR) is 121 cm³/mol. The number of ether oxygens (including phenoxy) is 1. The minimum atomic E-state index is -3.90. The molecule has 164 valence electrons. The molecule has 0 unspecified atom stereocenters. The molecule has 0 fully saturated rings. The maximum atomic E-state index is 12.8. The van der Waals surface area contributed by atoms with Crippen LogP contribution in [0.25, 0.3) is 10.2 Å². The van der Waals surface area contributed by atoms with Crippen molar-refractivity contribution >= 4 is 55.2 Å². The first-order chi connectivity index (χ1) is 14.6.